The maximum atomic E-state index is 14.5. The third kappa shape index (κ3) is 6.06. The van der Waals surface area contributed by atoms with E-state index in [2.05, 4.69) is 10.3 Å². The molecule has 1 N–H and O–H groups in total. The van der Waals surface area contributed by atoms with Crippen LogP contribution < -0.4 is 0 Å². The number of carbonyl (C=O) groups excluding carboxylic acids is 1. The van der Waals surface area contributed by atoms with Gasteiger partial charge < -0.3 is 14.2 Å². The Labute approximate surface area is 215 Å². The van der Waals surface area contributed by atoms with Gasteiger partial charge in [-0.2, -0.15) is 8.78 Å². The highest BCUT2D eigenvalue weighted by Gasteiger charge is 2.42. The van der Waals surface area contributed by atoms with Crippen LogP contribution in [0.1, 0.15) is 80.4 Å². The van der Waals surface area contributed by atoms with E-state index in [0.29, 0.717) is 16.8 Å². The van der Waals surface area contributed by atoms with Crippen molar-refractivity contribution in [1.29, 1.82) is 0 Å². The minimum absolute atomic E-state index is 0.0241. The lowest BCUT2D eigenvalue weighted by Crippen LogP contribution is -2.19. The molecule has 0 aliphatic heterocycles. The van der Waals surface area contributed by atoms with E-state index in [-0.39, 0.29) is 53.9 Å². The molecular weight excluding hydrogens is 513 g/mol. The van der Waals surface area contributed by atoms with Crippen LogP contribution in [0.2, 0.25) is 5.02 Å². The lowest BCUT2D eigenvalue weighted by atomic mass is 9.87. The van der Waals surface area contributed by atoms with E-state index in [9.17, 15) is 27.9 Å². The molecule has 0 spiro atoms. The van der Waals surface area contributed by atoms with Crippen molar-refractivity contribution in [3.8, 4) is 11.5 Å². The molecular formula is C26H26ClF3N2O5. The van der Waals surface area contributed by atoms with Crippen LogP contribution in [0.3, 0.4) is 0 Å². The van der Waals surface area contributed by atoms with Crippen molar-refractivity contribution in [3.63, 3.8) is 0 Å². The lowest BCUT2D eigenvalue weighted by molar-refractivity contribution is -0.137. The van der Waals surface area contributed by atoms with Gasteiger partial charge in [0, 0.05) is 47.8 Å². The molecule has 0 radical (unpaired) electrons. The van der Waals surface area contributed by atoms with Crippen molar-refractivity contribution >= 4 is 23.4 Å². The molecule has 198 valence electrons. The highest BCUT2D eigenvalue weighted by atomic mass is 35.5. The van der Waals surface area contributed by atoms with Crippen LogP contribution in [0.4, 0.5) is 13.2 Å². The summed E-state index contributed by atoms with van der Waals surface area (Å²) in [7, 11) is 0. The SMILES string of the molecule is CC(C)C(F)(F)c1cc(-c2onc([C@@H](CCC(=O)O)CC(=O)Cc3ccc(F)cc3Cl)c2C2CC2)no1. The monoisotopic (exact) mass is 538 g/mol. The quantitative estimate of drug-likeness (QED) is 0.267. The van der Waals surface area contributed by atoms with E-state index in [4.69, 9.17) is 20.6 Å². The predicted octanol–water partition coefficient (Wildman–Crippen LogP) is 6.90. The second-order valence-corrected chi connectivity index (χ2v) is 10.1. The van der Waals surface area contributed by atoms with Gasteiger partial charge in [0.1, 0.15) is 11.6 Å². The van der Waals surface area contributed by atoms with Crippen molar-refractivity contribution in [2.75, 3.05) is 0 Å². The Morgan fingerprint density at radius 3 is 2.54 bits per heavy atom. The van der Waals surface area contributed by atoms with Gasteiger partial charge in [-0.3, -0.25) is 9.59 Å². The molecule has 1 aromatic carbocycles. The van der Waals surface area contributed by atoms with Gasteiger partial charge in [0.25, 0.3) is 0 Å². The highest BCUT2D eigenvalue weighted by molar-refractivity contribution is 6.31. The molecule has 4 rings (SSSR count). The summed E-state index contributed by atoms with van der Waals surface area (Å²) in [5.41, 5.74) is 1.57. The fraction of sp³-hybridized carbons (Fsp3) is 0.462. The van der Waals surface area contributed by atoms with Crippen molar-refractivity contribution in [1.82, 2.24) is 10.3 Å². The molecule has 7 nitrogen and oxygen atoms in total. The number of carboxylic acid groups (broad SMARTS) is 1. The topological polar surface area (TPSA) is 106 Å². The Hall–Kier alpha value is -3.14. The molecule has 3 aromatic rings. The Balaban J connectivity index is 1.63. The van der Waals surface area contributed by atoms with Gasteiger partial charge in [0.2, 0.25) is 5.76 Å². The molecule has 11 heteroatoms. The first kappa shape index (κ1) is 26.9. The third-order valence-corrected chi connectivity index (χ3v) is 6.86. The van der Waals surface area contributed by atoms with Crippen LogP contribution >= 0.6 is 11.6 Å². The third-order valence-electron chi connectivity index (χ3n) is 6.51. The molecule has 2 aromatic heterocycles. The number of rotatable bonds is 12. The molecule has 1 aliphatic rings. The summed E-state index contributed by atoms with van der Waals surface area (Å²) in [5, 5.41) is 17.3. The van der Waals surface area contributed by atoms with E-state index in [0.717, 1.165) is 25.0 Å². The zero-order chi connectivity index (χ0) is 26.9. The van der Waals surface area contributed by atoms with Crippen LogP contribution in [0, 0.1) is 11.7 Å². The minimum atomic E-state index is -3.23. The summed E-state index contributed by atoms with van der Waals surface area (Å²) in [5.74, 6) is -7.02. The van der Waals surface area contributed by atoms with Crippen molar-refractivity contribution in [2.45, 2.75) is 70.1 Å². The number of hydrogen-bond donors (Lipinski definition) is 1. The van der Waals surface area contributed by atoms with Crippen LogP contribution in [0.15, 0.2) is 33.3 Å². The van der Waals surface area contributed by atoms with Crippen LogP contribution in [0.5, 0.6) is 0 Å². The Morgan fingerprint density at radius 1 is 1.19 bits per heavy atom. The average molecular weight is 539 g/mol. The Bertz CT molecular complexity index is 1300. The highest BCUT2D eigenvalue weighted by Crippen LogP contribution is 2.49. The average Bonchev–Trinajstić information content (AvgIpc) is 3.36. The van der Waals surface area contributed by atoms with Gasteiger partial charge in [-0.25, -0.2) is 4.39 Å². The second kappa shape index (κ2) is 10.7. The van der Waals surface area contributed by atoms with Gasteiger partial charge in [-0.05, 0) is 42.9 Å². The van der Waals surface area contributed by atoms with E-state index < -0.39 is 35.3 Å². The van der Waals surface area contributed by atoms with E-state index in [1.807, 2.05) is 0 Å². The number of halogens is 4. The van der Waals surface area contributed by atoms with Gasteiger partial charge in [0.05, 0.1) is 5.69 Å². The van der Waals surface area contributed by atoms with E-state index in [1.165, 1.54) is 26.0 Å². The summed E-state index contributed by atoms with van der Waals surface area (Å²) in [6.45, 7) is 2.74. The molecule has 1 fully saturated rings. The summed E-state index contributed by atoms with van der Waals surface area (Å²) in [6.07, 6.45) is 1.39. The zero-order valence-electron chi connectivity index (χ0n) is 20.3. The number of aromatic nitrogens is 2. The molecule has 0 saturated heterocycles. The first-order valence-electron chi connectivity index (χ1n) is 12.0. The molecule has 1 saturated carbocycles. The lowest BCUT2D eigenvalue weighted by Gasteiger charge is -2.16. The molecule has 37 heavy (non-hydrogen) atoms. The number of Topliss-reactive ketones (excluding diaryl/α,β-unsaturated/α-hetero) is 1. The number of alkyl halides is 2. The van der Waals surface area contributed by atoms with Crippen LogP contribution in [-0.2, 0) is 21.9 Å². The maximum Gasteiger partial charge on any atom is 0.309 e. The molecule has 0 amide bonds. The Morgan fingerprint density at radius 2 is 1.92 bits per heavy atom. The number of carboxylic acids is 1. The first-order chi connectivity index (χ1) is 17.5. The number of ketones is 1. The fourth-order valence-electron chi connectivity index (χ4n) is 4.24. The van der Waals surface area contributed by atoms with Gasteiger partial charge in [-0.1, -0.05) is 41.8 Å². The number of benzene rings is 1. The molecule has 0 unspecified atom stereocenters. The van der Waals surface area contributed by atoms with Crippen LogP contribution in [0.25, 0.3) is 11.5 Å². The Kier molecular flexibility index (Phi) is 7.77. The fourth-order valence-corrected chi connectivity index (χ4v) is 4.47. The van der Waals surface area contributed by atoms with Crippen molar-refractivity contribution in [3.05, 3.63) is 57.7 Å². The minimum Gasteiger partial charge on any atom is -0.481 e. The zero-order valence-corrected chi connectivity index (χ0v) is 21.0. The van der Waals surface area contributed by atoms with E-state index in [1.54, 1.807) is 0 Å². The number of hydrogen-bond acceptors (Lipinski definition) is 6. The van der Waals surface area contributed by atoms with Crippen molar-refractivity contribution in [2.24, 2.45) is 5.92 Å². The summed E-state index contributed by atoms with van der Waals surface area (Å²) in [4.78, 5) is 24.3. The normalized spacial score (nSPS) is 14.8. The van der Waals surface area contributed by atoms with Crippen LogP contribution in [-0.4, -0.2) is 27.2 Å². The molecule has 1 atom stereocenters. The van der Waals surface area contributed by atoms with E-state index >= 15 is 0 Å². The molecule has 1 aliphatic carbocycles. The second-order valence-electron chi connectivity index (χ2n) is 9.72. The van der Waals surface area contributed by atoms with Gasteiger partial charge >= 0.3 is 11.9 Å². The molecule has 0 bridgehead atoms. The molecule has 2 heterocycles. The number of aliphatic carboxylic acids is 1. The van der Waals surface area contributed by atoms with Gasteiger partial charge in [-0.15, -0.1) is 0 Å². The standard InChI is InChI=1S/C26H26ClF3N2O5/c1-13(2)26(29,30)21-12-20(31-36-21)25-23(14-3-4-14)24(32-37-25)16(6-8-22(34)35)10-18(33)9-15-5-7-17(28)11-19(15)27/h5,7,11-14,16H,3-4,6,8-10H2,1-2H3,(H,34,35)/t16-/m0/s1. The van der Waals surface area contributed by atoms with Crippen molar-refractivity contribution < 1.29 is 36.9 Å². The summed E-state index contributed by atoms with van der Waals surface area (Å²) >= 11 is 6.06. The maximum absolute atomic E-state index is 14.5. The number of carbonyl (C=O) groups is 2. The largest absolute Gasteiger partial charge is 0.481 e. The smallest absolute Gasteiger partial charge is 0.309 e. The number of nitrogens with zero attached hydrogens (tertiary/aromatic N) is 2. The summed E-state index contributed by atoms with van der Waals surface area (Å²) < 4.78 is 52.8. The predicted molar refractivity (Wildman–Crippen MR) is 127 cm³/mol. The first-order valence-corrected chi connectivity index (χ1v) is 12.4. The summed E-state index contributed by atoms with van der Waals surface area (Å²) in [6, 6.07) is 4.89. The van der Waals surface area contributed by atoms with Gasteiger partial charge in [0.15, 0.2) is 11.5 Å².